The summed E-state index contributed by atoms with van der Waals surface area (Å²) in [5, 5.41) is 3.26. The summed E-state index contributed by atoms with van der Waals surface area (Å²) in [6.07, 6.45) is 8.30. The Hall–Kier alpha value is -2.29. The van der Waals surface area contributed by atoms with Crippen molar-refractivity contribution in [3.8, 4) is 0 Å². The summed E-state index contributed by atoms with van der Waals surface area (Å²) in [7, 11) is 0. The summed E-state index contributed by atoms with van der Waals surface area (Å²) >= 11 is 0. The molecule has 0 bridgehead atoms. The maximum Gasteiger partial charge on any atom is 0.340 e. The van der Waals surface area contributed by atoms with Gasteiger partial charge in [-0.1, -0.05) is 41.0 Å². The Kier molecular flexibility index (Phi) is 9.38. The molecule has 1 rings (SSSR count). The van der Waals surface area contributed by atoms with E-state index in [2.05, 4.69) is 38.2 Å². The van der Waals surface area contributed by atoms with E-state index in [4.69, 9.17) is 4.74 Å². The van der Waals surface area contributed by atoms with Crippen LogP contribution in [0.3, 0.4) is 0 Å². The highest BCUT2D eigenvalue weighted by Gasteiger charge is 2.11. The first-order valence-corrected chi connectivity index (χ1v) is 8.82. The number of rotatable bonds is 9. The van der Waals surface area contributed by atoms with Gasteiger partial charge in [-0.2, -0.15) is 0 Å². The van der Waals surface area contributed by atoms with Crippen LogP contribution in [0.1, 0.15) is 57.8 Å². The molecule has 0 amide bonds. The largest absolute Gasteiger partial charge is 0.458 e. The van der Waals surface area contributed by atoms with Gasteiger partial charge >= 0.3 is 5.97 Å². The van der Waals surface area contributed by atoms with E-state index in [1.165, 1.54) is 16.7 Å². The Bertz CT molecular complexity index is 646. The van der Waals surface area contributed by atoms with Gasteiger partial charge in [-0.25, -0.2) is 4.79 Å². The van der Waals surface area contributed by atoms with Gasteiger partial charge < -0.3 is 10.1 Å². The minimum absolute atomic E-state index is 0.298. The molecule has 0 atom stereocenters. The number of hydrogen-bond acceptors (Lipinski definition) is 3. The number of hydrogen-bond donors (Lipinski definition) is 1. The van der Waals surface area contributed by atoms with Crippen LogP contribution >= 0.6 is 0 Å². The smallest absolute Gasteiger partial charge is 0.340 e. The zero-order valence-electron chi connectivity index (χ0n) is 16.2. The molecule has 25 heavy (non-hydrogen) atoms. The molecule has 0 aliphatic rings. The Labute approximate surface area is 152 Å². The molecule has 3 heteroatoms. The molecule has 0 saturated carbocycles. The van der Waals surface area contributed by atoms with Gasteiger partial charge in [0.2, 0.25) is 0 Å². The van der Waals surface area contributed by atoms with Crippen LogP contribution in [-0.2, 0) is 4.74 Å². The second kappa shape index (κ2) is 11.3. The molecule has 0 heterocycles. The Morgan fingerprint density at radius 3 is 2.36 bits per heavy atom. The van der Waals surface area contributed by atoms with Crippen LogP contribution in [0.5, 0.6) is 0 Å². The second-order valence-corrected chi connectivity index (χ2v) is 6.68. The average Bonchev–Trinajstić information content (AvgIpc) is 2.54. The Morgan fingerprint density at radius 1 is 1.00 bits per heavy atom. The zero-order valence-corrected chi connectivity index (χ0v) is 16.2. The molecule has 1 aromatic rings. The van der Waals surface area contributed by atoms with E-state index < -0.39 is 0 Å². The van der Waals surface area contributed by atoms with E-state index in [1.54, 1.807) is 6.07 Å². The molecular weight excluding hydrogens is 310 g/mol. The molecular formula is C22H31NO2. The van der Waals surface area contributed by atoms with E-state index >= 15 is 0 Å². The number of allylic oxidation sites excluding steroid dienone is 4. The molecule has 0 fully saturated rings. The molecule has 136 valence electrons. The lowest BCUT2D eigenvalue weighted by Crippen LogP contribution is -2.10. The van der Waals surface area contributed by atoms with Crippen molar-refractivity contribution >= 4 is 11.7 Å². The fraction of sp³-hybridized carbons (Fsp3) is 0.409. The molecule has 0 aromatic heterocycles. The summed E-state index contributed by atoms with van der Waals surface area (Å²) in [5.74, 6) is -0.298. The third-order valence-electron chi connectivity index (χ3n) is 3.69. The van der Waals surface area contributed by atoms with Crippen molar-refractivity contribution in [3.05, 3.63) is 64.8 Å². The molecule has 0 unspecified atom stereocenters. The standard InChI is InChI=1S/C22H31NO2/c1-17(2)9-8-10-19(5)14-16-25-22(24)20-11-6-7-12-21(20)23-15-13-18(3)4/h6-7,9,11-14,23H,8,10,15-16H2,1-5H3/b19-14+. The van der Waals surface area contributed by atoms with Gasteiger partial charge in [-0.15, -0.1) is 0 Å². The summed E-state index contributed by atoms with van der Waals surface area (Å²) in [6, 6.07) is 7.45. The van der Waals surface area contributed by atoms with Crippen molar-refractivity contribution in [3.63, 3.8) is 0 Å². The highest BCUT2D eigenvalue weighted by Crippen LogP contribution is 2.16. The van der Waals surface area contributed by atoms with Crippen molar-refractivity contribution in [2.24, 2.45) is 0 Å². The summed E-state index contributed by atoms with van der Waals surface area (Å²) in [6.45, 7) is 11.4. The van der Waals surface area contributed by atoms with E-state index in [0.29, 0.717) is 18.7 Å². The van der Waals surface area contributed by atoms with Gasteiger partial charge in [0.25, 0.3) is 0 Å². The number of anilines is 1. The molecule has 0 spiro atoms. The average molecular weight is 341 g/mol. The number of nitrogens with one attached hydrogen (secondary N) is 1. The minimum atomic E-state index is -0.298. The lowest BCUT2D eigenvalue weighted by molar-refractivity contribution is 0.0550. The highest BCUT2D eigenvalue weighted by molar-refractivity contribution is 5.95. The lowest BCUT2D eigenvalue weighted by Gasteiger charge is -2.10. The number of carbonyl (C=O) groups excluding carboxylic acids is 1. The first kappa shape index (κ1) is 20.8. The van der Waals surface area contributed by atoms with E-state index in [1.807, 2.05) is 38.1 Å². The molecule has 1 N–H and O–H groups in total. The van der Waals surface area contributed by atoms with Crippen LogP contribution in [0.15, 0.2) is 59.2 Å². The zero-order chi connectivity index (χ0) is 18.7. The second-order valence-electron chi connectivity index (χ2n) is 6.68. The molecule has 3 nitrogen and oxygen atoms in total. The Balaban J connectivity index is 2.57. The quantitative estimate of drug-likeness (QED) is 0.448. The maximum absolute atomic E-state index is 12.3. The van der Waals surface area contributed by atoms with Gasteiger partial charge in [0.1, 0.15) is 6.61 Å². The van der Waals surface area contributed by atoms with Crippen LogP contribution in [0.4, 0.5) is 5.69 Å². The van der Waals surface area contributed by atoms with Crippen LogP contribution in [0.25, 0.3) is 0 Å². The number of benzene rings is 1. The maximum atomic E-state index is 12.3. The van der Waals surface area contributed by atoms with E-state index in [0.717, 1.165) is 18.5 Å². The third kappa shape index (κ3) is 8.94. The molecule has 0 aliphatic heterocycles. The lowest BCUT2D eigenvalue weighted by atomic mass is 10.1. The predicted molar refractivity (Wildman–Crippen MR) is 107 cm³/mol. The van der Waals surface area contributed by atoms with Crippen molar-refractivity contribution < 1.29 is 9.53 Å². The SMILES string of the molecule is CC(C)=CCC/C(C)=C/COC(=O)c1ccccc1NCC=C(C)C. The normalized spacial score (nSPS) is 10.8. The summed E-state index contributed by atoms with van der Waals surface area (Å²) in [4.78, 5) is 12.3. The number of esters is 1. The molecule has 1 aromatic carbocycles. The van der Waals surface area contributed by atoms with Gasteiger partial charge in [-0.05, 0) is 65.7 Å². The van der Waals surface area contributed by atoms with Crippen molar-refractivity contribution in [1.82, 2.24) is 0 Å². The number of ether oxygens (including phenoxy) is 1. The van der Waals surface area contributed by atoms with Crippen molar-refractivity contribution in [2.75, 3.05) is 18.5 Å². The molecule has 0 radical (unpaired) electrons. The summed E-state index contributed by atoms with van der Waals surface area (Å²) in [5.41, 5.74) is 5.17. The van der Waals surface area contributed by atoms with Gasteiger partial charge in [0.05, 0.1) is 5.56 Å². The van der Waals surface area contributed by atoms with Crippen molar-refractivity contribution in [1.29, 1.82) is 0 Å². The number of carbonyl (C=O) groups is 1. The molecule has 0 saturated heterocycles. The van der Waals surface area contributed by atoms with Gasteiger partial charge in [0, 0.05) is 12.2 Å². The van der Waals surface area contributed by atoms with Crippen LogP contribution in [0.2, 0.25) is 0 Å². The molecule has 0 aliphatic carbocycles. The first-order chi connectivity index (χ1) is 11.9. The van der Waals surface area contributed by atoms with Crippen molar-refractivity contribution in [2.45, 2.75) is 47.5 Å². The monoisotopic (exact) mass is 341 g/mol. The number of para-hydroxylation sites is 1. The fourth-order valence-electron chi connectivity index (χ4n) is 2.21. The van der Waals surface area contributed by atoms with Gasteiger partial charge in [-0.3, -0.25) is 0 Å². The van der Waals surface area contributed by atoms with Crippen LogP contribution in [-0.4, -0.2) is 19.1 Å². The van der Waals surface area contributed by atoms with Gasteiger partial charge in [0.15, 0.2) is 0 Å². The predicted octanol–water partition coefficient (Wildman–Crippen LogP) is 5.91. The van der Waals surface area contributed by atoms with E-state index in [9.17, 15) is 4.79 Å². The van der Waals surface area contributed by atoms with Crippen LogP contribution in [0, 0.1) is 0 Å². The fourth-order valence-corrected chi connectivity index (χ4v) is 2.21. The minimum Gasteiger partial charge on any atom is -0.458 e. The Morgan fingerprint density at radius 2 is 1.68 bits per heavy atom. The highest BCUT2D eigenvalue weighted by atomic mass is 16.5. The first-order valence-electron chi connectivity index (χ1n) is 8.82. The topological polar surface area (TPSA) is 38.3 Å². The summed E-state index contributed by atoms with van der Waals surface area (Å²) < 4.78 is 5.41. The van der Waals surface area contributed by atoms with Crippen LogP contribution < -0.4 is 5.32 Å². The van der Waals surface area contributed by atoms with E-state index in [-0.39, 0.29) is 5.97 Å². The third-order valence-corrected chi connectivity index (χ3v) is 3.69.